The van der Waals surface area contributed by atoms with Crippen molar-refractivity contribution in [3.8, 4) is 0 Å². The highest BCUT2D eigenvalue weighted by Crippen LogP contribution is 2.25. The average Bonchev–Trinajstić information content (AvgIpc) is 2.94. The van der Waals surface area contributed by atoms with Gasteiger partial charge in [0.05, 0.1) is 5.92 Å². The number of likely N-dealkylation sites (tertiary alicyclic amines) is 2. The van der Waals surface area contributed by atoms with Crippen LogP contribution in [0.15, 0.2) is 0 Å². The molecule has 2 heterocycles. The molecule has 0 aromatic rings. The third-order valence-electron chi connectivity index (χ3n) is 4.36. The van der Waals surface area contributed by atoms with E-state index in [1.54, 1.807) is 4.90 Å². The number of hydrogen-bond acceptors (Lipinski definition) is 3. The highest BCUT2D eigenvalue weighted by atomic mass is 16.4. The molecular weight excluding hydrogens is 246 g/mol. The molecule has 3 atom stereocenters. The van der Waals surface area contributed by atoms with Crippen molar-refractivity contribution < 1.29 is 14.7 Å². The van der Waals surface area contributed by atoms with E-state index < -0.39 is 11.9 Å². The molecule has 0 spiro atoms. The lowest BCUT2D eigenvalue weighted by Crippen LogP contribution is -2.42. The third kappa shape index (κ3) is 2.83. The molecule has 0 radical (unpaired) electrons. The van der Waals surface area contributed by atoms with E-state index in [1.165, 1.54) is 0 Å². The van der Waals surface area contributed by atoms with E-state index in [2.05, 4.69) is 4.90 Å². The van der Waals surface area contributed by atoms with Crippen LogP contribution in [0.5, 0.6) is 0 Å². The summed E-state index contributed by atoms with van der Waals surface area (Å²) in [6.07, 6.45) is 0.991. The molecule has 0 aromatic heterocycles. The Morgan fingerprint density at radius 1 is 1.16 bits per heavy atom. The van der Waals surface area contributed by atoms with Crippen molar-refractivity contribution in [1.82, 2.24) is 14.7 Å². The molecule has 108 valence electrons. The first kappa shape index (κ1) is 14.1. The minimum Gasteiger partial charge on any atom is -0.481 e. The first-order valence-electron chi connectivity index (χ1n) is 6.83. The van der Waals surface area contributed by atoms with E-state index in [0.717, 1.165) is 19.5 Å². The fourth-order valence-electron chi connectivity index (χ4n) is 2.98. The molecule has 0 aromatic carbocycles. The van der Waals surface area contributed by atoms with Gasteiger partial charge >= 0.3 is 12.0 Å². The Kier molecular flexibility index (Phi) is 3.99. The Bertz CT molecular complexity index is 372. The van der Waals surface area contributed by atoms with Gasteiger partial charge < -0.3 is 19.8 Å². The number of carbonyl (C=O) groups excluding carboxylic acids is 1. The van der Waals surface area contributed by atoms with Gasteiger partial charge in [0.25, 0.3) is 0 Å². The van der Waals surface area contributed by atoms with Crippen LogP contribution in [0.1, 0.15) is 13.3 Å². The SMILES string of the molecule is CC1CN(C(=O)N2CCC(N(C)C)C2)CC1C(=O)O. The summed E-state index contributed by atoms with van der Waals surface area (Å²) in [5, 5.41) is 9.11. The van der Waals surface area contributed by atoms with Crippen LogP contribution < -0.4 is 0 Å². The van der Waals surface area contributed by atoms with Gasteiger partial charge in [-0.1, -0.05) is 6.92 Å². The van der Waals surface area contributed by atoms with Crippen LogP contribution in [0.4, 0.5) is 4.79 Å². The zero-order valence-corrected chi connectivity index (χ0v) is 11.9. The Labute approximate surface area is 114 Å². The van der Waals surface area contributed by atoms with Crippen molar-refractivity contribution in [3.63, 3.8) is 0 Å². The zero-order chi connectivity index (χ0) is 14.2. The molecule has 2 fully saturated rings. The van der Waals surface area contributed by atoms with Crippen LogP contribution in [0.3, 0.4) is 0 Å². The van der Waals surface area contributed by atoms with Gasteiger partial charge in [-0.3, -0.25) is 4.79 Å². The average molecular weight is 269 g/mol. The maximum absolute atomic E-state index is 12.4. The highest BCUT2D eigenvalue weighted by Gasteiger charge is 2.39. The number of carbonyl (C=O) groups is 2. The van der Waals surface area contributed by atoms with E-state index in [4.69, 9.17) is 5.11 Å². The molecule has 2 saturated heterocycles. The molecule has 19 heavy (non-hydrogen) atoms. The van der Waals surface area contributed by atoms with Crippen LogP contribution in [-0.4, -0.2) is 78.1 Å². The summed E-state index contributed by atoms with van der Waals surface area (Å²) in [5.41, 5.74) is 0. The van der Waals surface area contributed by atoms with Crippen LogP contribution in [-0.2, 0) is 4.79 Å². The summed E-state index contributed by atoms with van der Waals surface area (Å²) in [6, 6.07) is 0.416. The van der Waals surface area contributed by atoms with Crippen LogP contribution in [0, 0.1) is 11.8 Å². The van der Waals surface area contributed by atoms with Crippen LogP contribution >= 0.6 is 0 Å². The molecule has 1 N–H and O–H groups in total. The van der Waals surface area contributed by atoms with Gasteiger partial charge in [0.15, 0.2) is 0 Å². The lowest BCUT2D eigenvalue weighted by atomic mass is 9.99. The normalized spacial score (nSPS) is 31.3. The number of urea groups is 1. The van der Waals surface area contributed by atoms with Crippen LogP contribution in [0.25, 0.3) is 0 Å². The molecule has 6 heteroatoms. The maximum Gasteiger partial charge on any atom is 0.320 e. The predicted octanol–water partition coefficient (Wildman–Crippen LogP) is 0.395. The molecule has 2 aliphatic rings. The van der Waals surface area contributed by atoms with Crippen molar-refractivity contribution >= 4 is 12.0 Å². The fourth-order valence-corrected chi connectivity index (χ4v) is 2.98. The van der Waals surface area contributed by atoms with Crippen LogP contribution in [0.2, 0.25) is 0 Å². The Morgan fingerprint density at radius 2 is 1.84 bits per heavy atom. The van der Waals surface area contributed by atoms with Gasteiger partial charge in [-0.25, -0.2) is 4.79 Å². The molecule has 3 unspecified atom stereocenters. The summed E-state index contributed by atoms with van der Waals surface area (Å²) >= 11 is 0. The molecule has 0 bridgehead atoms. The largest absolute Gasteiger partial charge is 0.481 e. The predicted molar refractivity (Wildman–Crippen MR) is 70.9 cm³/mol. The smallest absolute Gasteiger partial charge is 0.320 e. The molecule has 6 nitrogen and oxygen atoms in total. The third-order valence-corrected chi connectivity index (χ3v) is 4.36. The van der Waals surface area contributed by atoms with E-state index >= 15 is 0 Å². The first-order chi connectivity index (χ1) is 8.90. The van der Waals surface area contributed by atoms with Crippen molar-refractivity contribution in [1.29, 1.82) is 0 Å². The van der Waals surface area contributed by atoms with Crippen molar-refractivity contribution in [2.24, 2.45) is 11.8 Å². The number of carboxylic acids is 1. The second-order valence-electron chi connectivity index (χ2n) is 5.96. The lowest BCUT2D eigenvalue weighted by molar-refractivity contribution is -0.142. The first-order valence-corrected chi connectivity index (χ1v) is 6.83. The van der Waals surface area contributed by atoms with E-state index in [1.807, 2.05) is 25.9 Å². The fraction of sp³-hybridized carbons (Fsp3) is 0.846. The Balaban J connectivity index is 1.93. The number of amides is 2. The van der Waals surface area contributed by atoms with Gasteiger partial charge in [0, 0.05) is 32.2 Å². The van der Waals surface area contributed by atoms with E-state index in [9.17, 15) is 9.59 Å². The number of rotatable bonds is 2. The quantitative estimate of drug-likeness (QED) is 0.788. The summed E-state index contributed by atoms with van der Waals surface area (Å²) < 4.78 is 0. The number of nitrogens with zero attached hydrogens (tertiary/aromatic N) is 3. The standard InChI is InChI=1S/C13H23N3O3/c1-9-6-16(8-11(9)12(17)18)13(19)15-5-4-10(7-15)14(2)3/h9-11H,4-8H2,1-3H3,(H,17,18). The maximum atomic E-state index is 12.4. The molecule has 2 aliphatic heterocycles. The number of likely N-dealkylation sites (N-methyl/N-ethyl adjacent to an activating group) is 1. The van der Waals surface area contributed by atoms with E-state index in [-0.39, 0.29) is 11.9 Å². The summed E-state index contributed by atoms with van der Waals surface area (Å²) in [7, 11) is 4.05. The van der Waals surface area contributed by atoms with Gasteiger partial charge in [0.2, 0.25) is 0 Å². The Morgan fingerprint density at radius 3 is 2.32 bits per heavy atom. The molecule has 2 rings (SSSR count). The van der Waals surface area contributed by atoms with Gasteiger partial charge in [-0.15, -0.1) is 0 Å². The molecule has 0 saturated carbocycles. The molecule has 0 aliphatic carbocycles. The Hall–Kier alpha value is -1.30. The molecular formula is C13H23N3O3. The number of aliphatic carboxylic acids is 1. The summed E-state index contributed by atoms with van der Waals surface area (Å²) in [6.45, 7) is 4.31. The van der Waals surface area contributed by atoms with Crippen molar-refractivity contribution in [2.45, 2.75) is 19.4 Å². The summed E-state index contributed by atoms with van der Waals surface area (Å²) in [4.78, 5) is 29.1. The van der Waals surface area contributed by atoms with E-state index in [0.29, 0.717) is 19.1 Å². The second kappa shape index (κ2) is 5.36. The number of carboxylic acid groups (broad SMARTS) is 1. The number of hydrogen-bond donors (Lipinski definition) is 1. The topological polar surface area (TPSA) is 64.1 Å². The zero-order valence-electron chi connectivity index (χ0n) is 11.9. The van der Waals surface area contributed by atoms with Gasteiger partial charge in [-0.05, 0) is 26.4 Å². The highest BCUT2D eigenvalue weighted by molar-refractivity contribution is 5.78. The minimum atomic E-state index is -0.796. The van der Waals surface area contributed by atoms with Gasteiger partial charge in [-0.2, -0.15) is 0 Å². The summed E-state index contributed by atoms with van der Waals surface area (Å²) in [5.74, 6) is -1.18. The van der Waals surface area contributed by atoms with Crippen molar-refractivity contribution in [2.75, 3.05) is 40.3 Å². The molecule has 2 amide bonds. The second-order valence-corrected chi connectivity index (χ2v) is 5.96. The van der Waals surface area contributed by atoms with Gasteiger partial charge in [0.1, 0.15) is 0 Å². The van der Waals surface area contributed by atoms with Crippen molar-refractivity contribution in [3.05, 3.63) is 0 Å². The monoisotopic (exact) mass is 269 g/mol. The minimum absolute atomic E-state index is 0.0000463. The lowest BCUT2D eigenvalue weighted by Gasteiger charge is -2.25.